The highest BCUT2D eigenvalue weighted by Crippen LogP contribution is 2.24. The Labute approximate surface area is 107 Å². The third-order valence-electron chi connectivity index (χ3n) is 2.38. The van der Waals surface area contributed by atoms with Crippen molar-refractivity contribution >= 4 is 5.91 Å². The van der Waals surface area contributed by atoms with Crippen LogP contribution in [-0.2, 0) is 4.79 Å². The first-order chi connectivity index (χ1) is 8.54. The molecule has 1 aromatic rings. The number of amides is 1. The number of carbonyl (C=O) groups is 1. The fraction of sp³-hybridized carbons (Fsp3) is 0.385. The van der Waals surface area contributed by atoms with Crippen molar-refractivity contribution in [3.05, 3.63) is 29.3 Å². The molecular formula is C13H17N3O2. The molecule has 0 bridgehead atoms. The minimum Gasteiger partial charge on any atom is -0.483 e. The van der Waals surface area contributed by atoms with Gasteiger partial charge >= 0.3 is 0 Å². The molecule has 0 aromatic heterocycles. The van der Waals surface area contributed by atoms with Gasteiger partial charge in [0.15, 0.2) is 6.61 Å². The first kappa shape index (κ1) is 14.0. The van der Waals surface area contributed by atoms with E-state index in [4.69, 9.17) is 15.7 Å². The maximum absolute atomic E-state index is 11.3. The molecule has 0 heterocycles. The van der Waals surface area contributed by atoms with Gasteiger partial charge in [-0.15, -0.1) is 0 Å². The molecule has 96 valence electrons. The van der Waals surface area contributed by atoms with Gasteiger partial charge in [0.05, 0.1) is 6.07 Å². The fourth-order valence-electron chi connectivity index (χ4n) is 1.48. The summed E-state index contributed by atoms with van der Waals surface area (Å²) in [6.07, 6.45) is 0. The van der Waals surface area contributed by atoms with E-state index in [-0.39, 0.29) is 25.1 Å². The lowest BCUT2D eigenvalue weighted by Gasteiger charge is -2.14. The van der Waals surface area contributed by atoms with Gasteiger partial charge in [-0.05, 0) is 25.5 Å². The molecule has 0 aliphatic carbocycles. The molecule has 0 radical (unpaired) electrons. The molecule has 5 heteroatoms. The van der Waals surface area contributed by atoms with Crippen LogP contribution < -0.4 is 15.8 Å². The molecule has 3 N–H and O–H groups in total. The zero-order chi connectivity index (χ0) is 13.5. The Kier molecular flexibility index (Phi) is 5.15. The molecular weight excluding hydrogens is 230 g/mol. The SMILES string of the molecule is Cc1ccc([C@H](C)N)c(OCC(=O)NCC#N)c1. The summed E-state index contributed by atoms with van der Waals surface area (Å²) in [6, 6.07) is 7.34. The van der Waals surface area contributed by atoms with Crippen molar-refractivity contribution in [1.82, 2.24) is 5.32 Å². The van der Waals surface area contributed by atoms with Crippen molar-refractivity contribution in [2.45, 2.75) is 19.9 Å². The largest absolute Gasteiger partial charge is 0.483 e. The van der Waals surface area contributed by atoms with Crippen LogP contribution in [0.2, 0.25) is 0 Å². The standard InChI is InChI=1S/C13H17N3O2/c1-9-3-4-11(10(2)15)12(7-9)18-8-13(17)16-6-5-14/h3-4,7,10H,6,8,15H2,1-2H3,(H,16,17)/t10-/m0/s1. The summed E-state index contributed by atoms with van der Waals surface area (Å²) < 4.78 is 5.44. The van der Waals surface area contributed by atoms with Gasteiger partial charge in [-0.1, -0.05) is 12.1 Å². The zero-order valence-electron chi connectivity index (χ0n) is 10.6. The molecule has 0 saturated carbocycles. The third-order valence-corrected chi connectivity index (χ3v) is 2.38. The monoisotopic (exact) mass is 247 g/mol. The number of carbonyl (C=O) groups excluding carboxylic acids is 1. The summed E-state index contributed by atoms with van der Waals surface area (Å²) in [6.45, 7) is 3.65. The van der Waals surface area contributed by atoms with Crippen LogP contribution in [0.25, 0.3) is 0 Å². The average molecular weight is 247 g/mol. The molecule has 0 fully saturated rings. The Bertz CT molecular complexity index is 464. The number of rotatable bonds is 5. The number of nitrogens with zero attached hydrogens (tertiary/aromatic N) is 1. The van der Waals surface area contributed by atoms with Gasteiger partial charge in [-0.2, -0.15) is 5.26 Å². The van der Waals surface area contributed by atoms with Crippen molar-refractivity contribution < 1.29 is 9.53 Å². The number of hydrogen-bond acceptors (Lipinski definition) is 4. The van der Waals surface area contributed by atoms with E-state index in [0.717, 1.165) is 11.1 Å². The number of nitrogens with one attached hydrogen (secondary N) is 1. The maximum atomic E-state index is 11.3. The van der Waals surface area contributed by atoms with Crippen molar-refractivity contribution in [1.29, 1.82) is 5.26 Å². The Balaban J connectivity index is 2.69. The Morgan fingerprint density at radius 2 is 2.33 bits per heavy atom. The lowest BCUT2D eigenvalue weighted by atomic mass is 10.1. The van der Waals surface area contributed by atoms with E-state index in [1.54, 1.807) is 0 Å². The summed E-state index contributed by atoms with van der Waals surface area (Å²) in [4.78, 5) is 11.3. The Hall–Kier alpha value is -2.06. The van der Waals surface area contributed by atoms with E-state index in [9.17, 15) is 4.79 Å². The first-order valence-electron chi connectivity index (χ1n) is 5.67. The normalized spacial score (nSPS) is 11.4. The molecule has 0 aliphatic heterocycles. The maximum Gasteiger partial charge on any atom is 0.258 e. The van der Waals surface area contributed by atoms with Crippen molar-refractivity contribution in [2.24, 2.45) is 5.73 Å². The van der Waals surface area contributed by atoms with Crippen LogP contribution in [-0.4, -0.2) is 19.1 Å². The highest BCUT2D eigenvalue weighted by atomic mass is 16.5. The third kappa shape index (κ3) is 4.07. The lowest BCUT2D eigenvalue weighted by molar-refractivity contribution is -0.122. The van der Waals surface area contributed by atoms with Gasteiger partial charge < -0.3 is 15.8 Å². The molecule has 18 heavy (non-hydrogen) atoms. The van der Waals surface area contributed by atoms with Crippen LogP contribution in [0.5, 0.6) is 5.75 Å². The predicted molar refractivity (Wildman–Crippen MR) is 67.9 cm³/mol. The predicted octanol–water partition coefficient (Wildman–Crippen LogP) is 1.03. The van der Waals surface area contributed by atoms with Gasteiger partial charge in [0.2, 0.25) is 0 Å². The smallest absolute Gasteiger partial charge is 0.258 e. The van der Waals surface area contributed by atoms with Crippen LogP contribution in [0.4, 0.5) is 0 Å². The van der Waals surface area contributed by atoms with Crippen LogP contribution in [0.3, 0.4) is 0 Å². The first-order valence-corrected chi connectivity index (χ1v) is 5.67. The molecule has 1 rings (SSSR count). The van der Waals surface area contributed by atoms with Gasteiger partial charge in [-0.3, -0.25) is 4.79 Å². The molecule has 1 amide bonds. The molecule has 0 aliphatic rings. The second-order valence-corrected chi connectivity index (χ2v) is 4.05. The summed E-state index contributed by atoms with van der Waals surface area (Å²) in [5.74, 6) is 0.283. The number of aryl methyl sites for hydroxylation is 1. The summed E-state index contributed by atoms with van der Waals surface area (Å²) in [5.41, 5.74) is 7.72. The van der Waals surface area contributed by atoms with Gasteiger partial charge in [-0.25, -0.2) is 0 Å². The summed E-state index contributed by atoms with van der Waals surface area (Å²) in [5, 5.41) is 10.7. The zero-order valence-corrected chi connectivity index (χ0v) is 10.6. The molecule has 0 unspecified atom stereocenters. The number of hydrogen-bond donors (Lipinski definition) is 2. The average Bonchev–Trinajstić information content (AvgIpc) is 2.33. The van der Waals surface area contributed by atoms with E-state index >= 15 is 0 Å². The molecule has 0 spiro atoms. The van der Waals surface area contributed by atoms with Crippen LogP contribution >= 0.6 is 0 Å². The number of nitrogens with two attached hydrogens (primary N) is 1. The summed E-state index contributed by atoms with van der Waals surface area (Å²) >= 11 is 0. The van der Waals surface area contributed by atoms with Crippen LogP contribution in [0.15, 0.2) is 18.2 Å². The highest BCUT2D eigenvalue weighted by Gasteiger charge is 2.10. The van der Waals surface area contributed by atoms with Gasteiger partial charge in [0, 0.05) is 11.6 Å². The lowest BCUT2D eigenvalue weighted by Crippen LogP contribution is -2.29. The fourth-order valence-corrected chi connectivity index (χ4v) is 1.48. The van der Waals surface area contributed by atoms with Crippen LogP contribution in [0.1, 0.15) is 24.1 Å². The van der Waals surface area contributed by atoms with E-state index < -0.39 is 0 Å². The molecule has 5 nitrogen and oxygen atoms in total. The van der Waals surface area contributed by atoms with E-state index in [0.29, 0.717) is 5.75 Å². The number of ether oxygens (including phenoxy) is 1. The van der Waals surface area contributed by atoms with Gasteiger partial charge in [0.25, 0.3) is 5.91 Å². The second-order valence-electron chi connectivity index (χ2n) is 4.05. The number of benzene rings is 1. The Morgan fingerprint density at radius 1 is 1.61 bits per heavy atom. The Morgan fingerprint density at radius 3 is 2.94 bits per heavy atom. The van der Waals surface area contributed by atoms with Crippen LogP contribution in [0, 0.1) is 18.3 Å². The minimum atomic E-state index is -0.325. The van der Waals surface area contributed by atoms with Gasteiger partial charge in [0.1, 0.15) is 12.3 Å². The van der Waals surface area contributed by atoms with Crippen molar-refractivity contribution in [3.8, 4) is 11.8 Å². The van der Waals surface area contributed by atoms with E-state index in [1.807, 2.05) is 38.1 Å². The molecule has 1 aromatic carbocycles. The second kappa shape index (κ2) is 6.62. The van der Waals surface area contributed by atoms with Crippen molar-refractivity contribution in [3.63, 3.8) is 0 Å². The quantitative estimate of drug-likeness (QED) is 0.761. The molecule has 0 saturated heterocycles. The van der Waals surface area contributed by atoms with Crippen molar-refractivity contribution in [2.75, 3.05) is 13.2 Å². The van der Waals surface area contributed by atoms with E-state index in [1.165, 1.54) is 0 Å². The summed E-state index contributed by atoms with van der Waals surface area (Å²) in [7, 11) is 0. The number of nitriles is 1. The highest BCUT2D eigenvalue weighted by molar-refractivity contribution is 5.77. The van der Waals surface area contributed by atoms with E-state index in [2.05, 4.69) is 5.32 Å². The minimum absolute atomic E-state index is 0.0177. The molecule has 1 atom stereocenters. The topological polar surface area (TPSA) is 88.1 Å².